The Morgan fingerprint density at radius 1 is 1.04 bits per heavy atom. The molecule has 0 radical (unpaired) electrons. The van der Waals surface area contributed by atoms with Gasteiger partial charge < -0.3 is 14.6 Å². The zero-order chi connectivity index (χ0) is 17.7. The van der Waals surface area contributed by atoms with Gasteiger partial charge in [-0.05, 0) is 30.7 Å². The maximum atomic E-state index is 14.6. The highest BCUT2D eigenvalue weighted by Gasteiger charge is 2.23. The molecule has 0 unspecified atom stereocenters. The van der Waals surface area contributed by atoms with E-state index in [0.717, 1.165) is 0 Å². The fraction of sp³-hybridized carbons (Fsp3) is 0.222. The summed E-state index contributed by atoms with van der Waals surface area (Å²) in [5.41, 5.74) is -0.0282. The van der Waals surface area contributed by atoms with Crippen LogP contribution in [0.25, 0.3) is 0 Å². The van der Waals surface area contributed by atoms with E-state index in [1.165, 1.54) is 43.5 Å². The second-order valence-corrected chi connectivity index (χ2v) is 5.02. The van der Waals surface area contributed by atoms with Crippen molar-refractivity contribution in [1.29, 1.82) is 0 Å². The second kappa shape index (κ2) is 7.59. The third kappa shape index (κ3) is 3.53. The minimum absolute atomic E-state index is 0.0418. The molecular formula is C18H17FO5. The minimum atomic E-state index is -1.10. The van der Waals surface area contributed by atoms with Crippen molar-refractivity contribution >= 4 is 11.8 Å². The number of benzene rings is 2. The number of hydrogen-bond donors (Lipinski definition) is 1. The third-order valence-corrected chi connectivity index (χ3v) is 3.37. The van der Waals surface area contributed by atoms with Gasteiger partial charge in [0.05, 0.1) is 19.3 Å². The van der Waals surface area contributed by atoms with E-state index in [1.54, 1.807) is 0 Å². The predicted molar refractivity (Wildman–Crippen MR) is 85.6 cm³/mol. The summed E-state index contributed by atoms with van der Waals surface area (Å²) in [6.07, 6.45) is 0.703. The summed E-state index contributed by atoms with van der Waals surface area (Å²) < 4.78 is 25.0. The number of ketones is 1. The molecule has 0 bridgehead atoms. The van der Waals surface area contributed by atoms with Crippen LogP contribution in [0.4, 0.5) is 4.39 Å². The Labute approximate surface area is 138 Å². The van der Waals surface area contributed by atoms with Crippen molar-refractivity contribution in [3.63, 3.8) is 0 Å². The molecule has 2 rings (SSSR count). The molecule has 0 amide bonds. The lowest BCUT2D eigenvalue weighted by Crippen LogP contribution is -2.10. The van der Waals surface area contributed by atoms with E-state index in [4.69, 9.17) is 14.6 Å². The zero-order valence-corrected chi connectivity index (χ0v) is 13.3. The minimum Gasteiger partial charge on any atom is -0.494 e. The van der Waals surface area contributed by atoms with Crippen LogP contribution in [0.15, 0.2) is 36.4 Å². The molecule has 6 heteroatoms. The zero-order valence-electron chi connectivity index (χ0n) is 13.3. The topological polar surface area (TPSA) is 72.8 Å². The normalized spacial score (nSPS) is 10.3. The average molecular weight is 332 g/mol. The van der Waals surface area contributed by atoms with Crippen LogP contribution >= 0.6 is 0 Å². The van der Waals surface area contributed by atoms with Crippen LogP contribution in [0.5, 0.6) is 11.5 Å². The molecule has 0 aliphatic heterocycles. The highest BCUT2D eigenvalue weighted by Crippen LogP contribution is 2.31. The fourth-order valence-electron chi connectivity index (χ4n) is 2.15. The number of carboxylic acids is 1. The van der Waals surface area contributed by atoms with E-state index < -0.39 is 17.6 Å². The Balaban J connectivity index is 2.47. The number of hydrogen-bond acceptors (Lipinski definition) is 4. The van der Waals surface area contributed by atoms with Gasteiger partial charge in [0.25, 0.3) is 0 Å². The number of carboxylic acid groups (broad SMARTS) is 1. The largest absolute Gasteiger partial charge is 0.494 e. The molecule has 1 N–H and O–H groups in total. The SMILES string of the molecule is CCCOc1ccc(OC)c(F)c1C(=O)c1ccc(C(=O)O)cc1. The Kier molecular flexibility index (Phi) is 5.52. The molecule has 0 saturated heterocycles. The maximum Gasteiger partial charge on any atom is 0.335 e. The van der Waals surface area contributed by atoms with Crippen LogP contribution in [0.1, 0.15) is 39.6 Å². The first-order valence-electron chi connectivity index (χ1n) is 7.37. The van der Waals surface area contributed by atoms with Gasteiger partial charge in [0.1, 0.15) is 11.3 Å². The monoisotopic (exact) mass is 332 g/mol. The quantitative estimate of drug-likeness (QED) is 0.785. The lowest BCUT2D eigenvalue weighted by molar-refractivity contribution is 0.0696. The number of aromatic carboxylic acids is 1. The maximum absolute atomic E-state index is 14.6. The Hall–Kier alpha value is -2.89. The van der Waals surface area contributed by atoms with Crippen LogP contribution in [0, 0.1) is 5.82 Å². The van der Waals surface area contributed by atoms with Gasteiger partial charge in [0, 0.05) is 5.56 Å². The first-order valence-corrected chi connectivity index (χ1v) is 7.37. The van der Waals surface area contributed by atoms with Crippen molar-refractivity contribution in [2.75, 3.05) is 13.7 Å². The summed E-state index contributed by atoms with van der Waals surface area (Å²) in [4.78, 5) is 23.6. The Bertz CT molecular complexity index is 753. The molecule has 126 valence electrons. The number of methoxy groups -OCH3 is 1. The molecule has 0 saturated carbocycles. The molecule has 0 aliphatic carbocycles. The molecule has 24 heavy (non-hydrogen) atoms. The summed E-state index contributed by atoms with van der Waals surface area (Å²) in [7, 11) is 1.31. The van der Waals surface area contributed by atoms with Crippen LogP contribution in [-0.4, -0.2) is 30.6 Å². The van der Waals surface area contributed by atoms with Gasteiger partial charge in [0.15, 0.2) is 17.3 Å². The van der Waals surface area contributed by atoms with Gasteiger partial charge in [-0.1, -0.05) is 19.1 Å². The van der Waals surface area contributed by atoms with Gasteiger partial charge in [-0.2, -0.15) is 0 Å². The second-order valence-electron chi connectivity index (χ2n) is 5.02. The van der Waals surface area contributed by atoms with E-state index in [-0.39, 0.29) is 28.2 Å². The fourth-order valence-corrected chi connectivity index (χ4v) is 2.15. The van der Waals surface area contributed by atoms with Gasteiger partial charge in [0.2, 0.25) is 0 Å². The molecule has 0 aliphatic rings. The molecule has 0 fully saturated rings. The van der Waals surface area contributed by atoms with Crippen molar-refractivity contribution in [2.24, 2.45) is 0 Å². The average Bonchev–Trinajstić information content (AvgIpc) is 2.59. The predicted octanol–water partition coefficient (Wildman–Crippen LogP) is 3.55. The van der Waals surface area contributed by atoms with Crippen LogP contribution in [0.3, 0.4) is 0 Å². The van der Waals surface area contributed by atoms with Crippen LogP contribution in [-0.2, 0) is 0 Å². The first-order chi connectivity index (χ1) is 11.5. The summed E-state index contributed by atoms with van der Waals surface area (Å²) in [5, 5.41) is 8.90. The summed E-state index contributed by atoms with van der Waals surface area (Å²) in [6, 6.07) is 8.14. The van der Waals surface area contributed by atoms with Gasteiger partial charge in [-0.15, -0.1) is 0 Å². The smallest absolute Gasteiger partial charge is 0.335 e. The standard InChI is InChI=1S/C18H17FO5/c1-3-10-24-13-8-9-14(23-2)16(19)15(13)17(20)11-4-6-12(7-5-11)18(21)22/h4-9H,3,10H2,1-2H3,(H,21,22). The van der Waals surface area contributed by atoms with Crippen molar-refractivity contribution in [2.45, 2.75) is 13.3 Å². The van der Waals surface area contributed by atoms with Crippen molar-refractivity contribution < 1.29 is 28.6 Å². The molecular weight excluding hydrogens is 315 g/mol. The van der Waals surface area contributed by atoms with E-state index in [0.29, 0.717) is 13.0 Å². The number of carbonyl (C=O) groups excluding carboxylic acids is 1. The molecule has 2 aromatic carbocycles. The number of carbonyl (C=O) groups is 2. The first kappa shape index (κ1) is 17.5. The molecule has 0 heterocycles. The molecule has 2 aromatic rings. The van der Waals surface area contributed by atoms with Crippen molar-refractivity contribution in [1.82, 2.24) is 0 Å². The molecule has 0 spiro atoms. The lowest BCUT2D eigenvalue weighted by Gasteiger charge is -2.13. The lowest BCUT2D eigenvalue weighted by atomic mass is 10.00. The molecule has 5 nitrogen and oxygen atoms in total. The van der Waals surface area contributed by atoms with Gasteiger partial charge in [-0.3, -0.25) is 4.79 Å². The number of rotatable bonds is 7. The Morgan fingerprint density at radius 3 is 2.17 bits per heavy atom. The van der Waals surface area contributed by atoms with Crippen LogP contribution < -0.4 is 9.47 Å². The van der Waals surface area contributed by atoms with Crippen molar-refractivity contribution in [3.05, 3.63) is 58.9 Å². The van der Waals surface area contributed by atoms with Gasteiger partial charge >= 0.3 is 5.97 Å². The van der Waals surface area contributed by atoms with Crippen LogP contribution in [0.2, 0.25) is 0 Å². The van der Waals surface area contributed by atoms with E-state index in [2.05, 4.69) is 0 Å². The summed E-state index contributed by atoms with van der Waals surface area (Å²) in [5.74, 6) is -2.45. The molecule has 0 atom stereocenters. The van der Waals surface area contributed by atoms with E-state index in [9.17, 15) is 14.0 Å². The summed E-state index contributed by atoms with van der Waals surface area (Å²) >= 11 is 0. The Morgan fingerprint density at radius 2 is 1.62 bits per heavy atom. The van der Waals surface area contributed by atoms with E-state index in [1.807, 2.05) is 6.92 Å². The number of halogens is 1. The van der Waals surface area contributed by atoms with Crippen molar-refractivity contribution in [3.8, 4) is 11.5 Å². The highest BCUT2D eigenvalue weighted by molar-refractivity contribution is 6.11. The summed E-state index contributed by atoms with van der Waals surface area (Å²) in [6.45, 7) is 2.23. The highest BCUT2D eigenvalue weighted by atomic mass is 19.1. The third-order valence-electron chi connectivity index (χ3n) is 3.37. The number of ether oxygens (including phenoxy) is 2. The van der Waals surface area contributed by atoms with Gasteiger partial charge in [-0.25, -0.2) is 9.18 Å². The molecule has 0 aromatic heterocycles. The van der Waals surface area contributed by atoms with E-state index >= 15 is 0 Å².